The number of aromatic nitrogens is 2. The van der Waals surface area contributed by atoms with Crippen LogP contribution in [0.5, 0.6) is 0 Å². The number of likely N-dealkylation sites (N-methyl/N-ethyl adjacent to an activating group) is 1. The van der Waals surface area contributed by atoms with Crippen LogP contribution in [0.2, 0.25) is 0 Å². The van der Waals surface area contributed by atoms with Crippen LogP contribution >= 0.6 is 0 Å². The third-order valence-corrected chi connectivity index (χ3v) is 2.47. The van der Waals surface area contributed by atoms with Crippen molar-refractivity contribution < 1.29 is 4.79 Å². The number of carbonyl (C=O) groups excluding carboxylic acids is 1. The molecule has 1 amide bonds. The highest BCUT2D eigenvalue weighted by Gasteiger charge is 2.17. The first-order chi connectivity index (χ1) is 7.56. The third-order valence-electron chi connectivity index (χ3n) is 2.47. The lowest BCUT2D eigenvalue weighted by Crippen LogP contribution is -2.42. The Morgan fingerprint density at radius 3 is 2.50 bits per heavy atom. The van der Waals surface area contributed by atoms with Crippen molar-refractivity contribution in [1.29, 1.82) is 0 Å². The average Bonchev–Trinajstić information content (AvgIpc) is 2.28. The molecular formula is C11H18N4O. The van der Waals surface area contributed by atoms with Crippen molar-refractivity contribution in [2.24, 2.45) is 0 Å². The Morgan fingerprint density at radius 1 is 1.31 bits per heavy atom. The van der Waals surface area contributed by atoms with Gasteiger partial charge in [0.15, 0.2) is 0 Å². The second kappa shape index (κ2) is 5.55. The molecule has 0 aliphatic rings. The molecule has 0 saturated carbocycles. The minimum absolute atomic E-state index is 0.000926. The number of nitrogens with one attached hydrogen (secondary N) is 2. The van der Waals surface area contributed by atoms with E-state index in [1.165, 1.54) is 0 Å². The molecule has 88 valence electrons. The summed E-state index contributed by atoms with van der Waals surface area (Å²) in [6.07, 6.45) is 3.32. The zero-order valence-corrected chi connectivity index (χ0v) is 10.1. The number of carbonyl (C=O) groups is 1. The van der Waals surface area contributed by atoms with Gasteiger partial charge in [-0.3, -0.25) is 20.1 Å². The molecule has 0 aromatic carbocycles. The van der Waals surface area contributed by atoms with Crippen LogP contribution in [-0.4, -0.2) is 29.0 Å². The summed E-state index contributed by atoms with van der Waals surface area (Å²) in [5.41, 5.74) is 1.75. The van der Waals surface area contributed by atoms with Gasteiger partial charge in [-0.1, -0.05) is 0 Å². The minimum atomic E-state index is -0.249. The van der Waals surface area contributed by atoms with Crippen LogP contribution in [-0.2, 0) is 4.79 Å². The summed E-state index contributed by atoms with van der Waals surface area (Å²) in [7, 11) is 1.62. The highest BCUT2D eigenvalue weighted by molar-refractivity contribution is 5.80. The lowest BCUT2D eigenvalue weighted by molar-refractivity contribution is -0.122. The van der Waals surface area contributed by atoms with Crippen LogP contribution in [0.1, 0.15) is 31.3 Å². The summed E-state index contributed by atoms with van der Waals surface area (Å²) in [4.78, 5) is 19.8. The van der Waals surface area contributed by atoms with Gasteiger partial charge in [0.1, 0.15) is 0 Å². The fraction of sp³-hybridized carbons (Fsp3) is 0.545. The zero-order chi connectivity index (χ0) is 12.1. The number of hydrogen-bond donors (Lipinski definition) is 2. The summed E-state index contributed by atoms with van der Waals surface area (Å²) in [5.74, 6) is -0.0339. The average molecular weight is 222 g/mol. The minimum Gasteiger partial charge on any atom is -0.358 e. The van der Waals surface area contributed by atoms with Gasteiger partial charge in [0.2, 0.25) is 5.91 Å². The fourth-order valence-corrected chi connectivity index (χ4v) is 1.59. The molecule has 0 spiro atoms. The van der Waals surface area contributed by atoms with E-state index in [1.807, 2.05) is 20.8 Å². The topological polar surface area (TPSA) is 66.9 Å². The first-order valence-corrected chi connectivity index (χ1v) is 5.31. The largest absolute Gasteiger partial charge is 0.358 e. The summed E-state index contributed by atoms with van der Waals surface area (Å²) < 4.78 is 0. The molecule has 0 aliphatic carbocycles. The van der Waals surface area contributed by atoms with Gasteiger partial charge >= 0.3 is 0 Å². The number of rotatable bonds is 4. The smallest absolute Gasteiger partial charge is 0.236 e. The van der Waals surface area contributed by atoms with Gasteiger partial charge in [-0.2, -0.15) is 0 Å². The van der Waals surface area contributed by atoms with Gasteiger partial charge < -0.3 is 5.32 Å². The molecule has 0 radical (unpaired) electrons. The van der Waals surface area contributed by atoms with E-state index >= 15 is 0 Å². The van der Waals surface area contributed by atoms with E-state index < -0.39 is 0 Å². The first kappa shape index (κ1) is 12.6. The molecule has 1 heterocycles. The molecule has 0 bridgehead atoms. The van der Waals surface area contributed by atoms with Crippen LogP contribution in [0.4, 0.5) is 0 Å². The monoisotopic (exact) mass is 222 g/mol. The van der Waals surface area contributed by atoms with Crippen molar-refractivity contribution in [2.45, 2.75) is 32.9 Å². The summed E-state index contributed by atoms with van der Waals surface area (Å²) >= 11 is 0. The van der Waals surface area contributed by atoms with E-state index in [2.05, 4.69) is 20.6 Å². The van der Waals surface area contributed by atoms with E-state index in [9.17, 15) is 4.79 Å². The van der Waals surface area contributed by atoms with Gasteiger partial charge in [0.05, 0.1) is 17.4 Å². The Morgan fingerprint density at radius 2 is 1.94 bits per heavy atom. The molecule has 2 N–H and O–H groups in total. The van der Waals surface area contributed by atoms with Crippen LogP contribution in [0.3, 0.4) is 0 Å². The molecule has 1 aromatic heterocycles. The molecule has 16 heavy (non-hydrogen) atoms. The van der Waals surface area contributed by atoms with Crippen molar-refractivity contribution in [3.05, 3.63) is 23.8 Å². The molecule has 1 aromatic rings. The van der Waals surface area contributed by atoms with Crippen LogP contribution in [0, 0.1) is 6.92 Å². The van der Waals surface area contributed by atoms with Gasteiger partial charge in [-0.25, -0.2) is 0 Å². The molecule has 5 heteroatoms. The summed E-state index contributed by atoms with van der Waals surface area (Å²) in [5, 5.41) is 5.77. The summed E-state index contributed by atoms with van der Waals surface area (Å²) in [6.45, 7) is 5.70. The first-order valence-electron chi connectivity index (χ1n) is 5.31. The number of aryl methyl sites for hydroxylation is 1. The lowest BCUT2D eigenvalue weighted by Gasteiger charge is -2.19. The number of nitrogens with zero attached hydrogens (tertiary/aromatic N) is 2. The lowest BCUT2D eigenvalue weighted by atomic mass is 10.1. The van der Waals surface area contributed by atoms with Gasteiger partial charge in [-0.15, -0.1) is 0 Å². The standard InChI is InChI=1S/C11H18N4O/c1-7-10(14-6-5-13-7)8(2)15-9(3)11(16)12-4/h5-6,8-9,15H,1-4H3,(H,12,16). The second-order valence-electron chi connectivity index (χ2n) is 3.75. The molecular weight excluding hydrogens is 204 g/mol. The van der Waals surface area contributed by atoms with Crippen LogP contribution in [0.15, 0.2) is 12.4 Å². The highest BCUT2D eigenvalue weighted by atomic mass is 16.2. The molecule has 2 atom stereocenters. The number of hydrogen-bond acceptors (Lipinski definition) is 4. The Kier molecular flexibility index (Phi) is 4.37. The number of amides is 1. The third kappa shape index (κ3) is 3.00. The van der Waals surface area contributed by atoms with Crippen molar-refractivity contribution in [3.8, 4) is 0 Å². The summed E-state index contributed by atoms with van der Waals surface area (Å²) in [6, 6.07) is -0.248. The quantitative estimate of drug-likeness (QED) is 0.781. The van der Waals surface area contributed by atoms with Gasteiger partial charge in [0.25, 0.3) is 0 Å². The van der Waals surface area contributed by atoms with Crippen LogP contribution in [0.25, 0.3) is 0 Å². The molecule has 2 unspecified atom stereocenters. The maximum atomic E-state index is 11.4. The predicted molar refractivity (Wildman–Crippen MR) is 61.8 cm³/mol. The van der Waals surface area contributed by atoms with Crippen molar-refractivity contribution in [2.75, 3.05) is 7.05 Å². The van der Waals surface area contributed by atoms with Gasteiger partial charge in [-0.05, 0) is 20.8 Å². The highest BCUT2D eigenvalue weighted by Crippen LogP contribution is 2.12. The molecule has 0 aliphatic heterocycles. The van der Waals surface area contributed by atoms with E-state index in [0.717, 1.165) is 11.4 Å². The maximum Gasteiger partial charge on any atom is 0.236 e. The maximum absolute atomic E-state index is 11.4. The SMILES string of the molecule is CNC(=O)C(C)NC(C)c1nccnc1C. The van der Waals surface area contributed by atoms with Crippen LogP contribution < -0.4 is 10.6 Å². The second-order valence-corrected chi connectivity index (χ2v) is 3.75. The van der Waals surface area contributed by atoms with Crippen molar-refractivity contribution in [1.82, 2.24) is 20.6 Å². The normalized spacial score (nSPS) is 14.2. The van der Waals surface area contributed by atoms with Crippen molar-refractivity contribution >= 4 is 5.91 Å². The Hall–Kier alpha value is -1.49. The zero-order valence-electron chi connectivity index (χ0n) is 10.1. The Labute approximate surface area is 95.7 Å². The van der Waals surface area contributed by atoms with E-state index in [0.29, 0.717) is 0 Å². The fourth-order valence-electron chi connectivity index (χ4n) is 1.59. The molecule has 5 nitrogen and oxygen atoms in total. The van der Waals surface area contributed by atoms with E-state index in [-0.39, 0.29) is 18.0 Å². The van der Waals surface area contributed by atoms with Gasteiger partial charge in [0, 0.05) is 25.5 Å². The molecule has 0 saturated heterocycles. The molecule has 1 rings (SSSR count). The van der Waals surface area contributed by atoms with Crippen molar-refractivity contribution in [3.63, 3.8) is 0 Å². The van der Waals surface area contributed by atoms with E-state index in [4.69, 9.17) is 0 Å². The Balaban J connectivity index is 2.69. The Bertz CT molecular complexity index is 367. The molecule has 0 fully saturated rings. The predicted octanol–water partition coefficient (Wildman–Crippen LogP) is 0.570. The van der Waals surface area contributed by atoms with E-state index in [1.54, 1.807) is 19.4 Å².